The highest BCUT2D eigenvalue weighted by Crippen LogP contribution is 2.27. The minimum absolute atomic E-state index is 0.0809. The van der Waals surface area contributed by atoms with Gasteiger partial charge in [0.1, 0.15) is 5.75 Å². The fraction of sp³-hybridized carbons (Fsp3) is 0.176. The average molecular weight is 365 g/mol. The molecule has 126 valence electrons. The van der Waals surface area contributed by atoms with Crippen molar-refractivity contribution in [2.75, 3.05) is 26.0 Å². The third-order valence-corrected chi connectivity index (χ3v) is 4.09. The van der Waals surface area contributed by atoms with Gasteiger partial charge in [-0.3, -0.25) is 9.59 Å². The highest BCUT2D eigenvalue weighted by molar-refractivity contribution is 7.08. The Labute approximate surface area is 149 Å². The maximum absolute atomic E-state index is 12.1. The second-order valence-corrected chi connectivity index (χ2v) is 6.19. The summed E-state index contributed by atoms with van der Waals surface area (Å²) in [6.45, 7) is -0.0809. The van der Waals surface area contributed by atoms with Gasteiger partial charge in [0, 0.05) is 18.1 Å². The molecule has 1 heterocycles. The molecule has 1 N–H and O–H groups in total. The molecule has 0 aliphatic rings. The Hall–Kier alpha value is -2.31. The van der Waals surface area contributed by atoms with Gasteiger partial charge in [-0.25, -0.2) is 0 Å². The molecule has 1 aromatic carbocycles. The van der Waals surface area contributed by atoms with E-state index in [-0.39, 0.29) is 18.4 Å². The summed E-state index contributed by atoms with van der Waals surface area (Å²) >= 11 is 7.48. The monoisotopic (exact) mass is 364 g/mol. The van der Waals surface area contributed by atoms with Crippen LogP contribution in [0, 0.1) is 0 Å². The second-order valence-electron chi connectivity index (χ2n) is 4.98. The minimum Gasteiger partial charge on any atom is -0.495 e. The molecule has 0 fully saturated rings. The van der Waals surface area contributed by atoms with Crippen LogP contribution in [0.1, 0.15) is 5.56 Å². The number of hydrogen-bond acceptors (Lipinski definition) is 4. The maximum Gasteiger partial charge on any atom is 0.246 e. The number of carbonyl (C=O) groups is 2. The number of benzene rings is 1. The number of ether oxygens (including phenoxy) is 1. The molecule has 0 spiro atoms. The Kier molecular flexibility index (Phi) is 6.40. The van der Waals surface area contributed by atoms with Gasteiger partial charge < -0.3 is 15.0 Å². The SMILES string of the molecule is COc1ccc(Cl)cc1NC(=O)CN(C)C(=O)/C=C/c1ccsc1. The van der Waals surface area contributed by atoms with Gasteiger partial charge in [-0.1, -0.05) is 11.6 Å². The van der Waals surface area contributed by atoms with Crippen molar-refractivity contribution in [3.05, 3.63) is 51.7 Å². The number of halogens is 1. The van der Waals surface area contributed by atoms with Crippen LogP contribution in [0.4, 0.5) is 5.69 Å². The molecule has 5 nitrogen and oxygen atoms in total. The van der Waals surface area contributed by atoms with Gasteiger partial charge in [-0.05, 0) is 46.7 Å². The van der Waals surface area contributed by atoms with Crippen LogP contribution in [-0.4, -0.2) is 37.4 Å². The first-order valence-electron chi connectivity index (χ1n) is 7.08. The number of anilines is 1. The van der Waals surface area contributed by atoms with Gasteiger partial charge in [0.05, 0.1) is 19.3 Å². The van der Waals surface area contributed by atoms with E-state index in [2.05, 4.69) is 5.32 Å². The first-order chi connectivity index (χ1) is 11.5. The fourth-order valence-electron chi connectivity index (χ4n) is 1.93. The number of rotatable bonds is 6. The van der Waals surface area contributed by atoms with E-state index < -0.39 is 0 Å². The number of hydrogen-bond donors (Lipinski definition) is 1. The molecule has 0 radical (unpaired) electrons. The Balaban J connectivity index is 1.94. The first-order valence-corrected chi connectivity index (χ1v) is 8.40. The Bertz CT molecular complexity index is 744. The van der Waals surface area contributed by atoms with E-state index in [4.69, 9.17) is 16.3 Å². The van der Waals surface area contributed by atoms with E-state index >= 15 is 0 Å². The van der Waals surface area contributed by atoms with Gasteiger partial charge in [0.15, 0.2) is 0 Å². The van der Waals surface area contributed by atoms with Crippen molar-refractivity contribution in [2.24, 2.45) is 0 Å². The van der Waals surface area contributed by atoms with Crippen LogP contribution in [0.2, 0.25) is 5.02 Å². The van der Waals surface area contributed by atoms with Crippen LogP contribution in [0.25, 0.3) is 6.08 Å². The zero-order valence-electron chi connectivity index (χ0n) is 13.3. The van der Waals surface area contributed by atoms with Crippen molar-refractivity contribution in [2.45, 2.75) is 0 Å². The summed E-state index contributed by atoms with van der Waals surface area (Å²) in [6.07, 6.45) is 3.16. The largest absolute Gasteiger partial charge is 0.495 e. The van der Waals surface area contributed by atoms with E-state index in [0.717, 1.165) is 5.56 Å². The molecule has 2 aromatic rings. The minimum atomic E-state index is -0.338. The Morgan fingerprint density at radius 3 is 2.83 bits per heavy atom. The topological polar surface area (TPSA) is 58.6 Å². The van der Waals surface area contributed by atoms with Gasteiger partial charge in [-0.15, -0.1) is 0 Å². The summed E-state index contributed by atoms with van der Waals surface area (Å²) in [5.74, 6) is -0.0937. The van der Waals surface area contributed by atoms with Crippen molar-refractivity contribution in [3.8, 4) is 5.75 Å². The van der Waals surface area contributed by atoms with E-state index in [1.807, 2.05) is 16.8 Å². The highest BCUT2D eigenvalue weighted by Gasteiger charge is 2.13. The molecule has 0 bridgehead atoms. The Morgan fingerprint density at radius 2 is 2.17 bits per heavy atom. The lowest BCUT2D eigenvalue weighted by atomic mass is 10.3. The molecule has 0 aliphatic heterocycles. The van der Waals surface area contributed by atoms with Crippen molar-refractivity contribution >= 4 is 46.5 Å². The lowest BCUT2D eigenvalue weighted by Gasteiger charge is -2.16. The van der Waals surface area contributed by atoms with E-state index in [1.165, 1.54) is 18.1 Å². The molecule has 1 aromatic heterocycles. The summed E-state index contributed by atoms with van der Waals surface area (Å²) in [4.78, 5) is 25.5. The van der Waals surface area contributed by atoms with E-state index in [1.54, 1.807) is 42.7 Å². The smallest absolute Gasteiger partial charge is 0.246 e. The van der Waals surface area contributed by atoms with Crippen molar-refractivity contribution in [3.63, 3.8) is 0 Å². The zero-order chi connectivity index (χ0) is 17.5. The van der Waals surface area contributed by atoms with E-state index in [9.17, 15) is 9.59 Å². The van der Waals surface area contributed by atoms with Crippen LogP contribution in [-0.2, 0) is 9.59 Å². The molecule has 0 unspecified atom stereocenters. The number of nitrogens with one attached hydrogen (secondary N) is 1. The summed E-state index contributed by atoms with van der Waals surface area (Å²) in [5.41, 5.74) is 1.42. The number of nitrogens with zero attached hydrogens (tertiary/aromatic N) is 1. The fourth-order valence-corrected chi connectivity index (χ4v) is 2.73. The predicted octanol–water partition coefficient (Wildman–Crippen LogP) is 3.52. The molecule has 0 saturated heterocycles. The van der Waals surface area contributed by atoms with Gasteiger partial charge >= 0.3 is 0 Å². The van der Waals surface area contributed by atoms with Gasteiger partial charge in [0.2, 0.25) is 11.8 Å². The predicted molar refractivity (Wildman–Crippen MR) is 97.6 cm³/mol. The Morgan fingerprint density at radius 1 is 1.38 bits per heavy atom. The number of thiophene rings is 1. The number of methoxy groups -OCH3 is 1. The molecule has 0 saturated carbocycles. The third kappa shape index (κ3) is 5.11. The number of carbonyl (C=O) groups excluding carboxylic acids is 2. The van der Waals surface area contributed by atoms with Crippen LogP contribution in [0.15, 0.2) is 41.1 Å². The molecule has 0 aliphatic carbocycles. The number of amides is 2. The highest BCUT2D eigenvalue weighted by atomic mass is 35.5. The van der Waals surface area contributed by atoms with Gasteiger partial charge in [0.25, 0.3) is 0 Å². The van der Waals surface area contributed by atoms with Crippen LogP contribution < -0.4 is 10.1 Å². The molecular formula is C17H17ClN2O3S. The maximum atomic E-state index is 12.1. The quantitative estimate of drug-likeness (QED) is 0.798. The standard InChI is InChI=1S/C17H17ClN2O3S/c1-20(17(22)6-3-12-7-8-24-11-12)10-16(21)19-14-9-13(18)4-5-15(14)23-2/h3-9,11H,10H2,1-2H3,(H,19,21)/b6-3+. The zero-order valence-corrected chi connectivity index (χ0v) is 14.9. The van der Waals surface area contributed by atoms with Gasteiger partial charge in [-0.2, -0.15) is 11.3 Å². The van der Waals surface area contributed by atoms with Crippen molar-refractivity contribution < 1.29 is 14.3 Å². The third-order valence-electron chi connectivity index (χ3n) is 3.15. The van der Waals surface area contributed by atoms with E-state index in [0.29, 0.717) is 16.5 Å². The van der Waals surface area contributed by atoms with Crippen LogP contribution in [0.5, 0.6) is 5.75 Å². The van der Waals surface area contributed by atoms with Crippen LogP contribution in [0.3, 0.4) is 0 Å². The summed E-state index contributed by atoms with van der Waals surface area (Å²) in [7, 11) is 3.07. The molecule has 24 heavy (non-hydrogen) atoms. The molecule has 2 amide bonds. The van der Waals surface area contributed by atoms with Crippen molar-refractivity contribution in [1.29, 1.82) is 0 Å². The number of likely N-dealkylation sites (N-methyl/N-ethyl adjacent to an activating group) is 1. The van der Waals surface area contributed by atoms with Crippen molar-refractivity contribution in [1.82, 2.24) is 4.90 Å². The lowest BCUT2D eigenvalue weighted by Crippen LogP contribution is -2.33. The molecule has 0 atom stereocenters. The normalized spacial score (nSPS) is 10.6. The molecule has 7 heteroatoms. The molecule has 2 rings (SSSR count). The first kappa shape index (κ1) is 18.0. The molecular weight excluding hydrogens is 348 g/mol. The summed E-state index contributed by atoms with van der Waals surface area (Å²) < 4.78 is 5.17. The average Bonchev–Trinajstić information content (AvgIpc) is 3.06. The van der Waals surface area contributed by atoms with Crippen LogP contribution >= 0.6 is 22.9 Å². The lowest BCUT2D eigenvalue weighted by molar-refractivity contribution is -0.129. The summed E-state index contributed by atoms with van der Waals surface area (Å²) in [6, 6.07) is 6.83. The second kappa shape index (κ2) is 8.52. The summed E-state index contributed by atoms with van der Waals surface area (Å²) in [5, 5.41) is 7.04.